The summed E-state index contributed by atoms with van der Waals surface area (Å²) in [6, 6.07) is 16.6. The van der Waals surface area contributed by atoms with Crippen LogP contribution in [0.2, 0.25) is 0 Å². The van der Waals surface area contributed by atoms with E-state index in [9.17, 15) is 0 Å². The first-order valence-corrected chi connectivity index (χ1v) is 9.87. The van der Waals surface area contributed by atoms with Gasteiger partial charge >= 0.3 is 0 Å². The van der Waals surface area contributed by atoms with Gasteiger partial charge in [-0.05, 0) is 55.2 Å². The Labute approximate surface area is 171 Å². The second kappa shape index (κ2) is 8.27. The summed E-state index contributed by atoms with van der Waals surface area (Å²) in [7, 11) is 0. The van der Waals surface area contributed by atoms with Gasteiger partial charge in [0.2, 0.25) is 5.95 Å². The molecule has 4 rings (SSSR count). The summed E-state index contributed by atoms with van der Waals surface area (Å²) in [4.78, 5) is 13.3. The predicted molar refractivity (Wildman–Crippen MR) is 120 cm³/mol. The van der Waals surface area contributed by atoms with Gasteiger partial charge in [-0.15, -0.1) is 0 Å². The molecule has 0 aliphatic heterocycles. The smallest absolute Gasteiger partial charge is 0.227 e. The highest BCUT2D eigenvalue weighted by molar-refractivity contribution is 5.93. The van der Waals surface area contributed by atoms with Gasteiger partial charge in [-0.3, -0.25) is 4.98 Å². The fourth-order valence-corrected chi connectivity index (χ4v) is 3.31. The van der Waals surface area contributed by atoms with E-state index in [0.717, 1.165) is 34.4 Å². The van der Waals surface area contributed by atoms with Gasteiger partial charge in [0.25, 0.3) is 0 Å². The normalized spacial score (nSPS) is 11.0. The fraction of sp³-hybridized carbons (Fsp3) is 0.208. The molecule has 0 saturated carbocycles. The van der Waals surface area contributed by atoms with Gasteiger partial charge in [0, 0.05) is 23.0 Å². The third-order valence-corrected chi connectivity index (χ3v) is 4.68. The van der Waals surface area contributed by atoms with Crippen molar-refractivity contribution in [2.24, 2.45) is 5.92 Å². The van der Waals surface area contributed by atoms with Gasteiger partial charge in [0.1, 0.15) is 0 Å². The molecule has 0 bridgehead atoms. The largest absolute Gasteiger partial charge is 0.352 e. The van der Waals surface area contributed by atoms with Crippen LogP contribution < -0.4 is 10.6 Å². The maximum absolute atomic E-state index is 4.44. The molecule has 0 unspecified atom stereocenters. The minimum absolute atomic E-state index is 0.572. The molecule has 0 spiro atoms. The van der Waals surface area contributed by atoms with Crippen LogP contribution in [0.3, 0.4) is 0 Å². The van der Waals surface area contributed by atoms with Gasteiger partial charge in [-0.1, -0.05) is 37.6 Å². The molecule has 0 amide bonds. The van der Waals surface area contributed by atoms with E-state index in [1.807, 2.05) is 12.1 Å². The number of nitrogens with zero attached hydrogens (tertiary/aromatic N) is 3. The molecule has 2 aromatic heterocycles. The molecule has 4 aromatic rings. The first kappa shape index (κ1) is 18.9. The zero-order valence-electron chi connectivity index (χ0n) is 17.0. The number of pyridine rings is 1. The minimum atomic E-state index is 0.572. The van der Waals surface area contributed by atoms with Crippen LogP contribution in [0.4, 0.5) is 23.0 Å². The molecule has 5 nitrogen and oxygen atoms in total. The van der Waals surface area contributed by atoms with Crippen LogP contribution in [0.25, 0.3) is 10.9 Å². The maximum Gasteiger partial charge on any atom is 0.227 e. The highest BCUT2D eigenvalue weighted by atomic mass is 15.1. The van der Waals surface area contributed by atoms with Crippen LogP contribution in [0.1, 0.15) is 25.0 Å². The molecule has 2 aromatic carbocycles. The van der Waals surface area contributed by atoms with Gasteiger partial charge in [0.15, 0.2) is 0 Å². The highest BCUT2D eigenvalue weighted by Gasteiger charge is 2.05. The van der Waals surface area contributed by atoms with Crippen molar-refractivity contribution >= 4 is 33.9 Å². The number of hydrogen-bond donors (Lipinski definition) is 2. The number of anilines is 4. The van der Waals surface area contributed by atoms with Crippen molar-refractivity contribution < 1.29 is 0 Å². The Morgan fingerprint density at radius 2 is 1.59 bits per heavy atom. The molecular weight excluding hydrogens is 358 g/mol. The number of nitrogens with one attached hydrogen (secondary N) is 2. The average molecular weight is 383 g/mol. The molecule has 0 atom stereocenters. The van der Waals surface area contributed by atoms with Gasteiger partial charge in [0.05, 0.1) is 23.6 Å². The first-order chi connectivity index (χ1) is 14.1. The van der Waals surface area contributed by atoms with Crippen molar-refractivity contribution in [3.63, 3.8) is 0 Å². The first-order valence-electron chi connectivity index (χ1n) is 9.87. The van der Waals surface area contributed by atoms with Crippen LogP contribution in [-0.2, 0) is 6.42 Å². The Kier molecular flexibility index (Phi) is 5.38. The van der Waals surface area contributed by atoms with E-state index in [1.54, 1.807) is 18.6 Å². The molecule has 146 valence electrons. The molecule has 0 radical (unpaired) electrons. The van der Waals surface area contributed by atoms with Crippen LogP contribution in [0, 0.1) is 12.8 Å². The predicted octanol–water partition coefficient (Wildman–Crippen LogP) is 6.02. The standard InChI is InChI=1S/C24H25N5/c1-16(2)12-18-5-7-19(8-6-18)29-24-26-14-20(15-27-24)28-23-10-11-25-22-9-4-17(3)13-21(22)23/h4-11,13-16H,12H2,1-3H3,(H,25,28)(H,26,27,29). The summed E-state index contributed by atoms with van der Waals surface area (Å²) in [5, 5.41) is 7.73. The Balaban J connectivity index is 1.46. The number of aryl methyl sites for hydroxylation is 1. The zero-order chi connectivity index (χ0) is 20.2. The molecule has 29 heavy (non-hydrogen) atoms. The SMILES string of the molecule is Cc1ccc2nccc(Nc3cnc(Nc4ccc(CC(C)C)cc4)nc3)c2c1. The number of benzene rings is 2. The van der Waals surface area contributed by atoms with Crippen LogP contribution >= 0.6 is 0 Å². The lowest BCUT2D eigenvalue weighted by Crippen LogP contribution is -2.00. The second-order valence-electron chi connectivity index (χ2n) is 7.72. The summed E-state index contributed by atoms with van der Waals surface area (Å²) in [6.07, 6.45) is 6.45. The van der Waals surface area contributed by atoms with Crippen LogP contribution in [0.5, 0.6) is 0 Å². The van der Waals surface area contributed by atoms with E-state index in [0.29, 0.717) is 11.9 Å². The van der Waals surface area contributed by atoms with Crippen molar-refractivity contribution in [3.05, 3.63) is 78.2 Å². The third kappa shape index (κ3) is 4.69. The summed E-state index contributed by atoms with van der Waals surface area (Å²) in [6.45, 7) is 6.53. The van der Waals surface area contributed by atoms with E-state index in [4.69, 9.17) is 0 Å². The van der Waals surface area contributed by atoms with E-state index in [2.05, 4.69) is 82.8 Å². The van der Waals surface area contributed by atoms with Gasteiger partial charge < -0.3 is 10.6 Å². The number of hydrogen-bond acceptors (Lipinski definition) is 5. The summed E-state index contributed by atoms with van der Waals surface area (Å²) >= 11 is 0. The van der Waals surface area contributed by atoms with Gasteiger partial charge in [-0.2, -0.15) is 0 Å². The topological polar surface area (TPSA) is 62.7 Å². The Bertz CT molecular complexity index is 1100. The molecule has 0 fully saturated rings. The lowest BCUT2D eigenvalue weighted by molar-refractivity contribution is 0.647. The molecule has 0 aliphatic carbocycles. The molecular formula is C24H25N5. The van der Waals surface area contributed by atoms with Gasteiger partial charge in [-0.25, -0.2) is 9.97 Å². The van der Waals surface area contributed by atoms with Crippen molar-refractivity contribution in [2.45, 2.75) is 27.2 Å². The Morgan fingerprint density at radius 1 is 0.828 bits per heavy atom. The maximum atomic E-state index is 4.44. The molecule has 2 heterocycles. The minimum Gasteiger partial charge on any atom is -0.352 e. The monoisotopic (exact) mass is 383 g/mol. The number of rotatable bonds is 6. The summed E-state index contributed by atoms with van der Waals surface area (Å²) in [5.74, 6) is 1.22. The van der Waals surface area contributed by atoms with Crippen molar-refractivity contribution in [3.8, 4) is 0 Å². The van der Waals surface area contributed by atoms with Crippen molar-refractivity contribution in [1.82, 2.24) is 15.0 Å². The molecule has 5 heteroatoms. The number of aromatic nitrogens is 3. The van der Waals surface area contributed by atoms with Crippen molar-refractivity contribution in [2.75, 3.05) is 10.6 Å². The Morgan fingerprint density at radius 3 is 2.31 bits per heavy atom. The molecule has 2 N–H and O–H groups in total. The summed E-state index contributed by atoms with van der Waals surface area (Å²) < 4.78 is 0. The highest BCUT2D eigenvalue weighted by Crippen LogP contribution is 2.26. The van der Waals surface area contributed by atoms with Crippen LogP contribution in [0.15, 0.2) is 67.1 Å². The summed E-state index contributed by atoms with van der Waals surface area (Å²) in [5.41, 5.74) is 6.30. The quantitative estimate of drug-likeness (QED) is 0.426. The zero-order valence-corrected chi connectivity index (χ0v) is 17.0. The third-order valence-electron chi connectivity index (χ3n) is 4.68. The molecule has 0 aliphatic rings. The van der Waals surface area contributed by atoms with E-state index in [-0.39, 0.29) is 0 Å². The lowest BCUT2D eigenvalue weighted by Gasteiger charge is -2.11. The fourth-order valence-electron chi connectivity index (χ4n) is 3.31. The Hall–Kier alpha value is -3.47. The number of fused-ring (bicyclic) bond motifs is 1. The van der Waals surface area contributed by atoms with E-state index < -0.39 is 0 Å². The van der Waals surface area contributed by atoms with Crippen LogP contribution in [-0.4, -0.2) is 15.0 Å². The second-order valence-corrected chi connectivity index (χ2v) is 7.72. The van der Waals surface area contributed by atoms with E-state index >= 15 is 0 Å². The molecule has 0 saturated heterocycles. The van der Waals surface area contributed by atoms with Crippen molar-refractivity contribution in [1.29, 1.82) is 0 Å². The van der Waals surface area contributed by atoms with E-state index in [1.165, 1.54) is 11.1 Å². The lowest BCUT2D eigenvalue weighted by atomic mass is 10.0. The average Bonchev–Trinajstić information content (AvgIpc) is 2.71.